The van der Waals surface area contributed by atoms with E-state index in [0.717, 1.165) is 48.5 Å². The quantitative estimate of drug-likeness (QED) is 0.807. The van der Waals surface area contributed by atoms with Crippen LogP contribution in [0.25, 0.3) is 0 Å². The second-order valence-corrected chi connectivity index (χ2v) is 6.56. The van der Waals surface area contributed by atoms with Crippen LogP contribution in [0.5, 0.6) is 0 Å². The van der Waals surface area contributed by atoms with Crippen molar-refractivity contribution in [3.05, 3.63) is 47.1 Å². The van der Waals surface area contributed by atoms with Crippen molar-refractivity contribution < 1.29 is 14.1 Å². The van der Waals surface area contributed by atoms with Crippen LogP contribution in [0.3, 0.4) is 0 Å². The number of piperidine rings is 1. The maximum Gasteiger partial charge on any atom is 0.222 e. The molecule has 2 aromatic heterocycles. The van der Waals surface area contributed by atoms with Gasteiger partial charge in [-0.3, -0.25) is 9.78 Å². The van der Waals surface area contributed by atoms with E-state index in [-0.39, 0.29) is 12.0 Å². The van der Waals surface area contributed by atoms with Crippen molar-refractivity contribution in [2.75, 3.05) is 13.1 Å². The summed E-state index contributed by atoms with van der Waals surface area (Å²) in [5.41, 5.74) is 3.02. The van der Waals surface area contributed by atoms with E-state index >= 15 is 0 Å². The molecule has 0 atom stereocenters. The van der Waals surface area contributed by atoms with E-state index in [2.05, 4.69) is 10.1 Å². The summed E-state index contributed by atoms with van der Waals surface area (Å²) in [4.78, 5) is 18.5. The lowest BCUT2D eigenvalue weighted by Gasteiger charge is -2.32. The molecule has 3 rings (SSSR count). The summed E-state index contributed by atoms with van der Waals surface area (Å²) >= 11 is 0. The second-order valence-electron chi connectivity index (χ2n) is 6.56. The molecule has 2 aromatic rings. The van der Waals surface area contributed by atoms with Crippen LogP contribution in [-0.2, 0) is 22.6 Å². The number of aromatic nitrogens is 2. The van der Waals surface area contributed by atoms with Crippen molar-refractivity contribution in [1.82, 2.24) is 15.0 Å². The molecule has 0 bridgehead atoms. The molecule has 134 valence electrons. The number of rotatable bonds is 6. The van der Waals surface area contributed by atoms with Crippen molar-refractivity contribution >= 4 is 5.91 Å². The summed E-state index contributed by atoms with van der Waals surface area (Å²) < 4.78 is 11.1. The van der Waals surface area contributed by atoms with Gasteiger partial charge in [-0.05, 0) is 44.7 Å². The summed E-state index contributed by atoms with van der Waals surface area (Å²) in [7, 11) is 0. The fraction of sp³-hybridized carbons (Fsp3) is 0.526. The Labute approximate surface area is 148 Å². The first-order valence-electron chi connectivity index (χ1n) is 8.83. The number of ether oxygens (including phenoxy) is 1. The highest BCUT2D eigenvalue weighted by Crippen LogP contribution is 2.18. The molecular weight excluding hydrogens is 318 g/mol. The van der Waals surface area contributed by atoms with Crippen LogP contribution >= 0.6 is 0 Å². The number of likely N-dealkylation sites (tertiary alicyclic amines) is 1. The van der Waals surface area contributed by atoms with Gasteiger partial charge in [-0.25, -0.2) is 0 Å². The molecule has 6 heteroatoms. The number of carbonyl (C=O) groups is 1. The molecule has 0 unspecified atom stereocenters. The molecule has 0 radical (unpaired) electrons. The van der Waals surface area contributed by atoms with Crippen LogP contribution in [0.4, 0.5) is 0 Å². The number of carbonyl (C=O) groups excluding carboxylic acids is 1. The molecule has 0 saturated carbocycles. The first kappa shape index (κ1) is 17.6. The highest BCUT2D eigenvalue weighted by atomic mass is 16.5. The zero-order valence-electron chi connectivity index (χ0n) is 14.9. The van der Waals surface area contributed by atoms with Crippen LogP contribution in [0, 0.1) is 13.8 Å². The molecule has 0 aromatic carbocycles. The van der Waals surface area contributed by atoms with Crippen LogP contribution in [0.15, 0.2) is 29.0 Å². The molecule has 25 heavy (non-hydrogen) atoms. The first-order valence-corrected chi connectivity index (χ1v) is 8.83. The highest BCUT2D eigenvalue weighted by Gasteiger charge is 2.23. The molecule has 0 aliphatic carbocycles. The van der Waals surface area contributed by atoms with Crippen LogP contribution in [0.2, 0.25) is 0 Å². The van der Waals surface area contributed by atoms with Crippen molar-refractivity contribution in [2.24, 2.45) is 0 Å². The SMILES string of the molecule is Cc1noc(C)c1CCC(=O)N1CCC(OCc2cccnc2)CC1. The Morgan fingerprint density at radius 2 is 2.16 bits per heavy atom. The molecule has 1 aliphatic heterocycles. The van der Waals surface area contributed by atoms with Crippen molar-refractivity contribution in [3.63, 3.8) is 0 Å². The third kappa shape index (κ3) is 4.66. The lowest BCUT2D eigenvalue weighted by atomic mass is 10.0. The van der Waals surface area contributed by atoms with Gasteiger partial charge in [-0.15, -0.1) is 0 Å². The van der Waals surface area contributed by atoms with E-state index in [1.54, 1.807) is 6.20 Å². The Morgan fingerprint density at radius 3 is 2.80 bits per heavy atom. The lowest BCUT2D eigenvalue weighted by molar-refractivity contribution is -0.134. The topological polar surface area (TPSA) is 68.5 Å². The zero-order chi connectivity index (χ0) is 17.6. The number of amides is 1. The van der Waals surface area contributed by atoms with Gasteiger partial charge in [-0.2, -0.15) is 0 Å². The second kappa shape index (κ2) is 8.25. The van der Waals surface area contributed by atoms with Crippen LogP contribution < -0.4 is 0 Å². The lowest BCUT2D eigenvalue weighted by Crippen LogP contribution is -2.41. The molecule has 3 heterocycles. The highest BCUT2D eigenvalue weighted by molar-refractivity contribution is 5.76. The van der Waals surface area contributed by atoms with Gasteiger partial charge >= 0.3 is 0 Å². The predicted molar refractivity (Wildman–Crippen MR) is 92.9 cm³/mol. The molecule has 1 aliphatic rings. The smallest absolute Gasteiger partial charge is 0.222 e. The molecule has 1 amide bonds. The summed E-state index contributed by atoms with van der Waals surface area (Å²) in [6, 6.07) is 3.93. The molecule has 0 N–H and O–H groups in total. The van der Waals surface area contributed by atoms with Crippen molar-refractivity contribution in [2.45, 2.75) is 52.2 Å². The third-order valence-corrected chi connectivity index (χ3v) is 4.77. The van der Waals surface area contributed by atoms with Gasteiger partial charge in [0.05, 0.1) is 18.4 Å². The van der Waals surface area contributed by atoms with Crippen LogP contribution in [-0.4, -0.2) is 40.1 Å². The Hall–Kier alpha value is -2.21. The van der Waals surface area contributed by atoms with Gasteiger partial charge in [0.25, 0.3) is 0 Å². The summed E-state index contributed by atoms with van der Waals surface area (Å²) in [6.45, 7) is 5.92. The van der Waals surface area contributed by atoms with Gasteiger partial charge < -0.3 is 14.2 Å². The van der Waals surface area contributed by atoms with E-state index in [9.17, 15) is 4.79 Å². The predicted octanol–water partition coefficient (Wildman–Crippen LogP) is 2.83. The fourth-order valence-corrected chi connectivity index (χ4v) is 3.22. The van der Waals surface area contributed by atoms with Gasteiger partial charge in [0.15, 0.2) is 0 Å². The van der Waals surface area contributed by atoms with E-state index in [1.807, 2.05) is 37.1 Å². The standard InChI is InChI=1S/C19H25N3O3/c1-14-18(15(2)25-21-14)5-6-19(23)22-10-7-17(8-11-22)24-13-16-4-3-9-20-12-16/h3-4,9,12,17H,5-8,10-11,13H2,1-2H3. The minimum absolute atomic E-state index is 0.200. The number of pyridine rings is 1. The van der Waals surface area contributed by atoms with Crippen molar-refractivity contribution in [3.8, 4) is 0 Å². The maximum atomic E-state index is 12.4. The first-order chi connectivity index (χ1) is 12.1. The maximum absolute atomic E-state index is 12.4. The van der Waals surface area contributed by atoms with Gasteiger partial charge in [0, 0.05) is 37.5 Å². The van der Waals surface area contributed by atoms with Gasteiger partial charge in [-0.1, -0.05) is 11.2 Å². The Bertz CT molecular complexity index is 672. The molecule has 1 fully saturated rings. The number of hydrogen-bond acceptors (Lipinski definition) is 5. The Morgan fingerprint density at radius 1 is 1.36 bits per heavy atom. The minimum Gasteiger partial charge on any atom is -0.373 e. The molecule has 1 saturated heterocycles. The monoisotopic (exact) mass is 343 g/mol. The molecule has 6 nitrogen and oxygen atoms in total. The Kier molecular flexibility index (Phi) is 5.81. The molecule has 0 spiro atoms. The molecular formula is C19H25N3O3. The average molecular weight is 343 g/mol. The third-order valence-electron chi connectivity index (χ3n) is 4.77. The summed E-state index contributed by atoms with van der Waals surface area (Å²) in [5.74, 6) is 1.01. The largest absolute Gasteiger partial charge is 0.373 e. The fourth-order valence-electron chi connectivity index (χ4n) is 3.22. The van der Waals surface area contributed by atoms with Crippen molar-refractivity contribution in [1.29, 1.82) is 0 Å². The number of hydrogen-bond donors (Lipinski definition) is 0. The van der Waals surface area contributed by atoms with E-state index in [4.69, 9.17) is 9.26 Å². The number of aryl methyl sites for hydroxylation is 2. The normalized spacial score (nSPS) is 15.5. The Balaban J connectivity index is 1.40. The minimum atomic E-state index is 0.200. The van der Waals surface area contributed by atoms with Gasteiger partial charge in [0.1, 0.15) is 5.76 Å². The van der Waals surface area contributed by atoms with E-state index < -0.39 is 0 Å². The van der Waals surface area contributed by atoms with Crippen LogP contribution in [0.1, 0.15) is 41.8 Å². The average Bonchev–Trinajstić information content (AvgIpc) is 2.97. The van der Waals surface area contributed by atoms with E-state index in [1.165, 1.54) is 0 Å². The summed E-state index contributed by atoms with van der Waals surface area (Å²) in [6.07, 6.45) is 6.77. The zero-order valence-corrected chi connectivity index (χ0v) is 14.9. The van der Waals surface area contributed by atoms with Gasteiger partial charge in [0.2, 0.25) is 5.91 Å². The summed E-state index contributed by atoms with van der Waals surface area (Å²) in [5, 5.41) is 3.94. The number of nitrogens with zero attached hydrogens (tertiary/aromatic N) is 3. The van der Waals surface area contributed by atoms with E-state index in [0.29, 0.717) is 19.4 Å².